The van der Waals surface area contributed by atoms with Gasteiger partial charge in [0, 0.05) is 6.26 Å². The van der Waals surface area contributed by atoms with Crippen molar-refractivity contribution in [1.82, 2.24) is 0 Å². The minimum absolute atomic E-state index is 1.38. The van der Waals surface area contributed by atoms with Crippen molar-refractivity contribution in [2.24, 2.45) is 0 Å². The van der Waals surface area contributed by atoms with Crippen molar-refractivity contribution in [3.8, 4) is 0 Å². The maximum Gasteiger partial charge on any atom is 0.299 e. The van der Waals surface area contributed by atoms with Crippen LogP contribution in [0.15, 0.2) is 0 Å². The predicted molar refractivity (Wildman–Crippen MR) is 35.9 cm³/mol. The van der Waals surface area contributed by atoms with Crippen molar-refractivity contribution >= 4 is 20.1 Å². The maximum absolute atomic E-state index is 11.7. The molecule has 0 amide bonds. The molecule has 0 radical (unpaired) electrons. The van der Waals surface area contributed by atoms with E-state index in [1.165, 1.54) is 0 Å². The molecule has 11 heteroatoms. The molecule has 0 fully saturated rings. The molecule has 0 aromatic rings. The van der Waals surface area contributed by atoms with Gasteiger partial charge in [0.25, 0.3) is 10.2 Å². The minimum Gasteiger partial charge on any atom is -0.124 e. The largest absolute Gasteiger partial charge is 0.299 e. The predicted octanol–water partition coefficient (Wildman–Crippen LogP) is 5.29. The molecule has 0 aromatic carbocycles. The van der Waals surface area contributed by atoms with Gasteiger partial charge < -0.3 is 0 Å². The summed E-state index contributed by atoms with van der Waals surface area (Å²) >= 11 is 0. The second kappa shape index (κ2) is 1.53. The van der Waals surface area contributed by atoms with E-state index in [2.05, 4.69) is 0 Å². The molecule has 0 N–H and O–H groups in total. The smallest absolute Gasteiger partial charge is 0.124 e. The zero-order chi connectivity index (χ0) is 11.5. The Balaban J connectivity index is 5.36. The summed E-state index contributed by atoms with van der Waals surface area (Å²) in [6.45, 7) is 0. The van der Waals surface area contributed by atoms with E-state index >= 15 is 0 Å². The summed E-state index contributed by atoms with van der Waals surface area (Å²) in [5.41, 5.74) is 0. The number of rotatable bonds is 2. The van der Waals surface area contributed by atoms with Crippen LogP contribution in [0, 0.1) is 0 Å². The van der Waals surface area contributed by atoms with Crippen molar-refractivity contribution < 1.29 is 35.0 Å². The molecule has 0 nitrogen and oxygen atoms in total. The lowest BCUT2D eigenvalue weighted by atomic mass is 11.9. The third-order valence-electron chi connectivity index (χ3n) is 0.519. The molecule has 88 valence electrons. The van der Waals surface area contributed by atoms with Crippen LogP contribution in [0.3, 0.4) is 0 Å². The van der Waals surface area contributed by atoms with Gasteiger partial charge in [-0.05, 0) is 0 Å². The maximum atomic E-state index is 11.7. The summed E-state index contributed by atoms with van der Waals surface area (Å²) in [4.78, 5) is 0. The van der Waals surface area contributed by atoms with Gasteiger partial charge >= 0.3 is 0 Å². The van der Waals surface area contributed by atoms with Crippen molar-refractivity contribution in [3.05, 3.63) is 0 Å². The molecule has 0 saturated carbocycles. The van der Waals surface area contributed by atoms with Crippen LogP contribution in [-0.4, -0.2) is 11.3 Å². The zero-order valence-electron chi connectivity index (χ0n) is 5.93. The topological polar surface area (TPSA) is 0 Å². The average Bonchev–Trinajstić information content (AvgIpc) is 0.949. The van der Waals surface area contributed by atoms with Crippen molar-refractivity contribution in [3.63, 3.8) is 0 Å². The average molecular weight is 264 g/mol. The Morgan fingerprint density at radius 2 is 0.923 bits per heavy atom. The highest BCUT2D eigenvalue weighted by Gasteiger charge is 2.77. The van der Waals surface area contributed by atoms with Crippen LogP contribution in [0.1, 0.15) is 0 Å². The summed E-state index contributed by atoms with van der Waals surface area (Å²) in [5, 5.41) is -4.61. The van der Waals surface area contributed by atoms with E-state index in [1.54, 1.807) is 0 Å². The molecule has 0 atom stereocenters. The normalized spacial score (nSPS) is 25.4. The molecule has 0 bridgehead atoms. The van der Waals surface area contributed by atoms with Crippen LogP contribution < -0.4 is 0 Å². The molecule has 0 spiro atoms. The SMILES string of the molecule is CS(F)(F)(F)(F)CS(F)(F)(F)(F)F. The first-order valence-corrected chi connectivity index (χ1v) is 7.12. The Bertz CT molecular complexity index is 203. The van der Waals surface area contributed by atoms with Gasteiger partial charge in [0.1, 0.15) is 0 Å². The van der Waals surface area contributed by atoms with E-state index in [4.69, 9.17) is 0 Å². The van der Waals surface area contributed by atoms with Gasteiger partial charge in [0.05, 0.1) is 0 Å². The molecule has 0 aliphatic heterocycles. The molecule has 0 aromatic heterocycles. The Morgan fingerprint density at radius 1 is 0.692 bits per heavy atom. The Labute approximate surface area is 67.2 Å². The first kappa shape index (κ1) is 13.1. The summed E-state index contributed by atoms with van der Waals surface area (Å²) in [6.07, 6.45) is -1.38. The van der Waals surface area contributed by atoms with Gasteiger partial charge in [-0.25, -0.2) is 0 Å². The quantitative estimate of drug-likeness (QED) is 0.595. The van der Waals surface area contributed by atoms with Crippen LogP contribution in [0.4, 0.5) is 35.0 Å². The van der Waals surface area contributed by atoms with Gasteiger partial charge in [-0.3, -0.25) is 0 Å². The molecular formula is C2H5F9S2. The van der Waals surface area contributed by atoms with E-state index in [-0.39, 0.29) is 0 Å². The Hall–Kier alpha value is 0.0700. The molecular weight excluding hydrogens is 259 g/mol. The highest BCUT2D eigenvalue weighted by molar-refractivity contribution is 8.62. The Morgan fingerprint density at radius 3 is 0.923 bits per heavy atom. The van der Waals surface area contributed by atoms with Crippen LogP contribution >= 0.6 is 20.1 Å². The van der Waals surface area contributed by atoms with Gasteiger partial charge in [-0.1, -0.05) is 19.4 Å². The molecule has 0 aliphatic carbocycles. The second-order valence-electron chi connectivity index (χ2n) is 2.94. The molecule has 0 unspecified atom stereocenters. The second-order valence-corrected chi connectivity index (χ2v) is 9.52. The van der Waals surface area contributed by atoms with Crippen LogP contribution in [0.5, 0.6) is 0 Å². The van der Waals surface area contributed by atoms with Crippen molar-refractivity contribution in [2.45, 2.75) is 0 Å². The van der Waals surface area contributed by atoms with E-state index in [9.17, 15) is 35.0 Å². The van der Waals surface area contributed by atoms with Crippen LogP contribution in [0.2, 0.25) is 0 Å². The minimum atomic E-state index is -10.8. The number of halogens is 9. The summed E-state index contributed by atoms with van der Waals surface area (Å²) in [6, 6.07) is 0. The summed E-state index contributed by atoms with van der Waals surface area (Å²) < 4.78 is 103. The monoisotopic (exact) mass is 264 g/mol. The standard InChI is InChI=1S/C2H5F9S2/c1-12(3,4,5,6)2-13(7,8,9,10)11/h2H2,1H3. The lowest BCUT2D eigenvalue weighted by Gasteiger charge is -2.54. The van der Waals surface area contributed by atoms with Crippen molar-refractivity contribution in [2.75, 3.05) is 11.3 Å². The van der Waals surface area contributed by atoms with Gasteiger partial charge in [-0.15, -0.1) is 15.5 Å². The van der Waals surface area contributed by atoms with Gasteiger partial charge in [0.2, 0.25) is 0 Å². The van der Waals surface area contributed by atoms with Crippen LogP contribution in [-0.2, 0) is 0 Å². The third kappa shape index (κ3) is 12.1. The fourth-order valence-corrected chi connectivity index (χ4v) is 5.03. The van der Waals surface area contributed by atoms with Crippen LogP contribution in [0.25, 0.3) is 0 Å². The van der Waals surface area contributed by atoms with E-state index in [0.717, 1.165) is 0 Å². The lowest BCUT2D eigenvalue weighted by Crippen LogP contribution is -2.25. The highest BCUT2D eigenvalue weighted by Crippen LogP contribution is 3.10. The summed E-state index contributed by atoms with van der Waals surface area (Å²) in [7, 11) is -20.4. The molecule has 0 aliphatic rings. The Kier molecular flexibility index (Phi) is 1.54. The molecule has 0 heterocycles. The van der Waals surface area contributed by atoms with Gasteiger partial charge in [0.15, 0.2) is 14.9 Å². The fourth-order valence-electron chi connectivity index (χ4n) is 0.559. The molecule has 0 rings (SSSR count). The number of hydrogen-bond donors (Lipinski definition) is 0. The van der Waals surface area contributed by atoms with E-state index in [0.29, 0.717) is 0 Å². The summed E-state index contributed by atoms with van der Waals surface area (Å²) in [5.74, 6) is 0. The van der Waals surface area contributed by atoms with E-state index in [1.807, 2.05) is 0 Å². The van der Waals surface area contributed by atoms with Crippen molar-refractivity contribution in [1.29, 1.82) is 0 Å². The first-order chi connectivity index (χ1) is 4.66. The molecule has 13 heavy (non-hydrogen) atoms. The zero-order valence-corrected chi connectivity index (χ0v) is 7.56. The number of hydrogen-bond acceptors (Lipinski definition) is 0. The molecule has 0 saturated heterocycles. The van der Waals surface area contributed by atoms with E-state index < -0.39 is 31.4 Å². The van der Waals surface area contributed by atoms with Gasteiger partial charge in [-0.2, -0.15) is 0 Å². The highest BCUT2D eigenvalue weighted by atomic mass is 32.5. The fraction of sp³-hybridized carbons (Fsp3) is 1.00. The first-order valence-electron chi connectivity index (χ1n) is 2.37. The third-order valence-corrected chi connectivity index (χ3v) is 4.67. The lowest BCUT2D eigenvalue weighted by molar-refractivity contribution is 0.363.